The van der Waals surface area contributed by atoms with Crippen molar-refractivity contribution in [3.63, 3.8) is 0 Å². The second kappa shape index (κ2) is 8.22. The number of benzene rings is 1. The van der Waals surface area contributed by atoms with E-state index in [4.69, 9.17) is 21.4 Å². The van der Waals surface area contributed by atoms with Crippen molar-refractivity contribution in [3.05, 3.63) is 47.5 Å². The van der Waals surface area contributed by atoms with Crippen LogP contribution in [0.15, 0.2) is 36.9 Å². The van der Waals surface area contributed by atoms with Gasteiger partial charge in [-0.15, -0.1) is 0 Å². The minimum absolute atomic E-state index is 0.0705. The second-order valence-electron chi connectivity index (χ2n) is 4.07. The molecule has 0 aliphatic heterocycles. The Morgan fingerprint density at radius 2 is 2.25 bits per heavy atom. The second-order valence-corrected chi connectivity index (χ2v) is 4.51. The molecule has 0 saturated carbocycles. The molecule has 0 spiro atoms. The highest BCUT2D eigenvalue weighted by molar-refractivity contribution is 6.30. The van der Waals surface area contributed by atoms with Crippen molar-refractivity contribution in [1.82, 2.24) is 5.32 Å². The van der Waals surface area contributed by atoms with E-state index in [0.29, 0.717) is 5.02 Å². The van der Waals surface area contributed by atoms with E-state index in [1.165, 1.54) is 6.08 Å². The lowest BCUT2D eigenvalue weighted by Gasteiger charge is -2.18. The average Bonchev–Trinajstić information content (AvgIpc) is 2.41. The Kier molecular flexibility index (Phi) is 6.59. The first-order valence-corrected chi connectivity index (χ1v) is 6.42. The fraction of sp³-hybridized carbons (Fsp3) is 0.286. The van der Waals surface area contributed by atoms with E-state index < -0.39 is 18.1 Å². The summed E-state index contributed by atoms with van der Waals surface area (Å²) in [5, 5.41) is 11.9. The zero-order valence-electron chi connectivity index (χ0n) is 10.8. The number of carbonyl (C=O) groups excluding carboxylic acids is 1. The molecule has 0 saturated heterocycles. The number of carbonyl (C=O) groups is 2. The molecule has 1 aromatic carbocycles. The summed E-state index contributed by atoms with van der Waals surface area (Å²) in [5.41, 5.74) is 0.731. The van der Waals surface area contributed by atoms with Gasteiger partial charge < -0.3 is 15.2 Å². The van der Waals surface area contributed by atoms with Crippen molar-refractivity contribution in [2.75, 3.05) is 6.61 Å². The van der Waals surface area contributed by atoms with Crippen molar-refractivity contribution in [2.24, 2.45) is 0 Å². The number of nitrogens with one attached hydrogen (secondary N) is 1. The Bertz CT molecular complexity index is 490. The third-order valence-corrected chi connectivity index (χ3v) is 2.76. The molecule has 2 N–H and O–H groups in total. The maximum atomic E-state index is 11.6. The molecular formula is C14H16ClNO4. The van der Waals surface area contributed by atoms with Gasteiger partial charge in [-0.25, -0.2) is 4.79 Å². The SMILES string of the molecule is C=CCOC(=O)NC(CCC(=O)O)c1cccc(Cl)c1. The molecule has 0 radical (unpaired) electrons. The number of aliphatic carboxylic acids is 1. The van der Waals surface area contributed by atoms with E-state index >= 15 is 0 Å². The minimum atomic E-state index is -0.932. The van der Waals surface area contributed by atoms with E-state index in [0.717, 1.165) is 5.56 Å². The molecule has 20 heavy (non-hydrogen) atoms. The van der Waals surface area contributed by atoms with Gasteiger partial charge in [0.05, 0.1) is 6.04 Å². The summed E-state index contributed by atoms with van der Waals surface area (Å²) in [5.74, 6) is -0.932. The van der Waals surface area contributed by atoms with Crippen LogP contribution in [0.2, 0.25) is 5.02 Å². The van der Waals surface area contributed by atoms with Gasteiger partial charge in [-0.1, -0.05) is 36.4 Å². The number of hydrogen-bond acceptors (Lipinski definition) is 3. The summed E-state index contributed by atoms with van der Waals surface area (Å²) in [6, 6.07) is 6.42. The molecular weight excluding hydrogens is 282 g/mol. The fourth-order valence-corrected chi connectivity index (χ4v) is 1.83. The number of ether oxygens (including phenoxy) is 1. The van der Waals surface area contributed by atoms with Crippen LogP contribution < -0.4 is 5.32 Å². The summed E-state index contributed by atoms with van der Waals surface area (Å²) in [4.78, 5) is 22.2. The average molecular weight is 298 g/mol. The number of halogens is 1. The predicted octanol–water partition coefficient (Wildman–Crippen LogP) is 3.16. The molecule has 1 atom stereocenters. The van der Waals surface area contributed by atoms with Crippen LogP contribution in [-0.4, -0.2) is 23.8 Å². The van der Waals surface area contributed by atoms with Gasteiger partial charge >= 0.3 is 12.1 Å². The van der Waals surface area contributed by atoms with Gasteiger partial charge in [0, 0.05) is 11.4 Å². The number of alkyl carbamates (subject to hydrolysis) is 1. The van der Waals surface area contributed by atoms with Crippen LogP contribution in [0.3, 0.4) is 0 Å². The molecule has 0 aliphatic carbocycles. The highest BCUT2D eigenvalue weighted by atomic mass is 35.5. The van der Waals surface area contributed by atoms with E-state index in [1.54, 1.807) is 24.3 Å². The van der Waals surface area contributed by atoms with Gasteiger partial charge in [-0.3, -0.25) is 4.79 Å². The first-order valence-electron chi connectivity index (χ1n) is 6.04. The molecule has 1 aromatic rings. The Hall–Kier alpha value is -2.01. The molecule has 5 nitrogen and oxygen atoms in total. The standard InChI is InChI=1S/C14H16ClNO4/c1-2-8-20-14(19)16-12(6-7-13(17)18)10-4-3-5-11(15)9-10/h2-5,9,12H,1,6-8H2,(H,16,19)(H,17,18). The molecule has 6 heteroatoms. The number of carboxylic acid groups (broad SMARTS) is 1. The smallest absolute Gasteiger partial charge is 0.407 e. The quantitative estimate of drug-likeness (QED) is 0.758. The summed E-state index contributed by atoms with van der Waals surface area (Å²) >= 11 is 5.90. The van der Waals surface area contributed by atoms with Gasteiger partial charge in [0.15, 0.2) is 0 Å². The molecule has 0 aromatic heterocycles. The number of rotatable bonds is 7. The van der Waals surface area contributed by atoms with E-state index in [2.05, 4.69) is 11.9 Å². The van der Waals surface area contributed by atoms with Crippen LogP contribution in [0.25, 0.3) is 0 Å². The molecule has 108 valence electrons. The topological polar surface area (TPSA) is 75.6 Å². The van der Waals surface area contributed by atoms with Crippen molar-refractivity contribution in [1.29, 1.82) is 0 Å². The fourth-order valence-electron chi connectivity index (χ4n) is 1.63. The van der Waals surface area contributed by atoms with E-state index in [-0.39, 0.29) is 19.4 Å². The Balaban J connectivity index is 2.76. The monoisotopic (exact) mass is 297 g/mol. The highest BCUT2D eigenvalue weighted by Crippen LogP contribution is 2.22. The van der Waals surface area contributed by atoms with Crippen LogP contribution >= 0.6 is 11.6 Å². The summed E-state index contributed by atoms with van der Waals surface area (Å²) < 4.78 is 4.83. The summed E-state index contributed by atoms with van der Waals surface area (Å²) in [6.07, 6.45) is 1.00. The minimum Gasteiger partial charge on any atom is -0.481 e. The maximum absolute atomic E-state index is 11.6. The van der Waals surface area contributed by atoms with Crippen LogP contribution in [0.1, 0.15) is 24.4 Å². The van der Waals surface area contributed by atoms with Crippen molar-refractivity contribution in [2.45, 2.75) is 18.9 Å². The molecule has 0 heterocycles. The maximum Gasteiger partial charge on any atom is 0.407 e. The van der Waals surface area contributed by atoms with Crippen molar-refractivity contribution in [3.8, 4) is 0 Å². The predicted molar refractivity (Wildman–Crippen MR) is 75.7 cm³/mol. The number of hydrogen-bond donors (Lipinski definition) is 2. The third kappa shape index (κ3) is 5.75. The lowest BCUT2D eigenvalue weighted by Crippen LogP contribution is -2.29. The van der Waals surface area contributed by atoms with Gasteiger partial charge in [-0.2, -0.15) is 0 Å². The molecule has 0 bridgehead atoms. The van der Waals surface area contributed by atoms with Gasteiger partial charge in [0.2, 0.25) is 0 Å². The lowest BCUT2D eigenvalue weighted by molar-refractivity contribution is -0.137. The Morgan fingerprint density at radius 1 is 1.50 bits per heavy atom. The summed E-state index contributed by atoms with van der Waals surface area (Å²) in [7, 11) is 0. The molecule has 1 unspecified atom stereocenters. The van der Waals surface area contributed by atoms with Gasteiger partial charge in [0.25, 0.3) is 0 Å². The van der Waals surface area contributed by atoms with Crippen molar-refractivity contribution < 1.29 is 19.4 Å². The lowest BCUT2D eigenvalue weighted by atomic mass is 10.0. The Labute approximate surface area is 122 Å². The number of carboxylic acids is 1. The molecule has 0 fully saturated rings. The largest absolute Gasteiger partial charge is 0.481 e. The molecule has 1 rings (SSSR count). The van der Waals surface area contributed by atoms with Crippen LogP contribution in [0, 0.1) is 0 Å². The molecule has 1 amide bonds. The first kappa shape index (κ1) is 16.0. The number of amides is 1. The zero-order chi connectivity index (χ0) is 15.0. The van der Waals surface area contributed by atoms with Gasteiger partial charge in [0.1, 0.15) is 6.61 Å². The van der Waals surface area contributed by atoms with Gasteiger partial charge in [-0.05, 0) is 24.1 Å². The third-order valence-electron chi connectivity index (χ3n) is 2.52. The van der Waals surface area contributed by atoms with Crippen LogP contribution in [0.5, 0.6) is 0 Å². The highest BCUT2D eigenvalue weighted by Gasteiger charge is 2.17. The summed E-state index contributed by atoms with van der Waals surface area (Å²) in [6.45, 7) is 3.53. The first-order chi connectivity index (χ1) is 9.52. The normalized spacial score (nSPS) is 11.4. The van der Waals surface area contributed by atoms with Crippen LogP contribution in [-0.2, 0) is 9.53 Å². The Morgan fingerprint density at radius 3 is 2.85 bits per heavy atom. The van der Waals surface area contributed by atoms with E-state index in [1.807, 2.05) is 0 Å². The zero-order valence-corrected chi connectivity index (χ0v) is 11.6. The van der Waals surface area contributed by atoms with Crippen LogP contribution in [0.4, 0.5) is 4.79 Å². The van der Waals surface area contributed by atoms with Crippen molar-refractivity contribution >= 4 is 23.7 Å². The van der Waals surface area contributed by atoms with E-state index in [9.17, 15) is 9.59 Å². The molecule has 0 aliphatic rings.